The summed E-state index contributed by atoms with van der Waals surface area (Å²) in [5.74, 6) is -2.35. The summed E-state index contributed by atoms with van der Waals surface area (Å²) in [5, 5.41) is 16.3. The molecule has 12 heavy (non-hydrogen) atoms. The molecule has 3 nitrogen and oxygen atoms in total. The van der Waals surface area contributed by atoms with Gasteiger partial charge in [0.15, 0.2) is 5.60 Å². The molecular formula is C5H6F4O3. The highest BCUT2D eigenvalue weighted by molar-refractivity contribution is 5.73. The Hall–Kier alpha value is -0.850. The third-order valence-electron chi connectivity index (χ3n) is 1.28. The van der Waals surface area contributed by atoms with Gasteiger partial charge in [0.25, 0.3) is 0 Å². The van der Waals surface area contributed by atoms with Gasteiger partial charge in [-0.1, -0.05) is 0 Å². The van der Waals surface area contributed by atoms with Crippen molar-refractivity contribution in [2.24, 2.45) is 0 Å². The zero-order valence-corrected chi connectivity index (χ0v) is 5.89. The van der Waals surface area contributed by atoms with E-state index in [9.17, 15) is 22.4 Å². The Bertz CT molecular complexity index is 186. The molecule has 2 atom stereocenters. The summed E-state index contributed by atoms with van der Waals surface area (Å²) >= 11 is 0. The maximum Gasteiger partial charge on any atom is 0.420 e. The smallest absolute Gasteiger partial charge is 0.420 e. The molecule has 0 aromatic rings. The maximum atomic E-state index is 12.2. The molecule has 0 aliphatic heterocycles. The quantitative estimate of drug-likeness (QED) is 0.631. The summed E-state index contributed by atoms with van der Waals surface area (Å²) in [5.41, 5.74) is -3.85. The lowest BCUT2D eigenvalue weighted by Gasteiger charge is -2.26. The Morgan fingerprint density at radius 1 is 1.42 bits per heavy atom. The number of carbonyl (C=O) groups is 1. The van der Waals surface area contributed by atoms with Crippen LogP contribution in [0.25, 0.3) is 0 Å². The second-order valence-electron chi connectivity index (χ2n) is 2.35. The van der Waals surface area contributed by atoms with Crippen molar-refractivity contribution in [1.82, 2.24) is 0 Å². The van der Waals surface area contributed by atoms with Gasteiger partial charge in [0.05, 0.1) is 0 Å². The lowest BCUT2D eigenvalue weighted by molar-refractivity contribution is -0.272. The van der Waals surface area contributed by atoms with Crippen LogP contribution in [0, 0.1) is 0 Å². The van der Waals surface area contributed by atoms with Crippen molar-refractivity contribution < 1.29 is 32.6 Å². The molecule has 0 saturated heterocycles. The Balaban J connectivity index is 4.73. The van der Waals surface area contributed by atoms with Gasteiger partial charge in [0.2, 0.25) is 6.17 Å². The fourth-order valence-electron chi connectivity index (χ4n) is 0.384. The third kappa shape index (κ3) is 1.84. The van der Waals surface area contributed by atoms with E-state index in [4.69, 9.17) is 10.2 Å². The number of aliphatic carboxylic acids is 1. The molecule has 0 fully saturated rings. The van der Waals surface area contributed by atoms with E-state index in [1.807, 2.05) is 0 Å². The van der Waals surface area contributed by atoms with Crippen LogP contribution in [0.3, 0.4) is 0 Å². The molecule has 0 aromatic heterocycles. The van der Waals surface area contributed by atoms with Crippen LogP contribution in [0.15, 0.2) is 0 Å². The van der Waals surface area contributed by atoms with E-state index in [0.29, 0.717) is 0 Å². The lowest BCUT2D eigenvalue weighted by atomic mass is 10.0. The number of alkyl halides is 4. The van der Waals surface area contributed by atoms with Crippen LogP contribution in [0.5, 0.6) is 0 Å². The topological polar surface area (TPSA) is 57.5 Å². The number of hydrogen-bond acceptors (Lipinski definition) is 2. The number of aliphatic hydroxyl groups is 1. The first kappa shape index (κ1) is 11.2. The van der Waals surface area contributed by atoms with Crippen LogP contribution in [0.2, 0.25) is 0 Å². The van der Waals surface area contributed by atoms with E-state index < -0.39 is 23.9 Å². The van der Waals surface area contributed by atoms with Gasteiger partial charge in [0.1, 0.15) is 0 Å². The van der Waals surface area contributed by atoms with Crippen LogP contribution >= 0.6 is 0 Å². The van der Waals surface area contributed by atoms with E-state index in [1.165, 1.54) is 0 Å². The summed E-state index contributed by atoms with van der Waals surface area (Å²) < 4.78 is 47.3. The Labute approximate surface area is 64.6 Å². The molecule has 0 aliphatic rings. The van der Waals surface area contributed by atoms with Crippen LogP contribution in [0.4, 0.5) is 17.6 Å². The monoisotopic (exact) mass is 190 g/mol. The fraction of sp³-hybridized carbons (Fsp3) is 0.800. The molecule has 0 bridgehead atoms. The minimum Gasteiger partial charge on any atom is -0.479 e. The van der Waals surface area contributed by atoms with Crippen molar-refractivity contribution in [2.75, 3.05) is 0 Å². The van der Waals surface area contributed by atoms with Gasteiger partial charge in [-0.25, -0.2) is 9.18 Å². The van der Waals surface area contributed by atoms with Gasteiger partial charge in [-0.05, 0) is 6.92 Å². The van der Waals surface area contributed by atoms with Crippen molar-refractivity contribution in [3.8, 4) is 0 Å². The molecule has 0 rings (SSSR count). The first-order valence-corrected chi connectivity index (χ1v) is 2.76. The highest BCUT2D eigenvalue weighted by Crippen LogP contribution is 2.34. The average Bonchev–Trinajstić information content (AvgIpc) is 1.83. The summed E-state index contributed by atoms with van der Waals surface area (Å²) in [6, 6.07) is 0. The largest absolute Gasteiger partial charge is 0.479 e. The number of carboxylic acid groups (broad SMARTS) is 1. The Kier molecular flexibility index (Phi) is 2.68. The van der Waals surface area contributed by atoms with Gasteiger partial charge in [0, 0.05) is 0 Å². The van der Waals surface area contributed by atoms with E-state index >= 15 is 0 Å². The van der Waals surface area contributed by atoms with Crippen molar-refractivity contribution in [2.45, 2.75) is 24.9 Å². The fourth-order valence-corrected chi connectivity index (χ4v) is 0.384. The molecule has 7 heteroatoms. The summed E-state index contributed by atoms with van der Waals surface area (Å²) in [6.07, 6.45) is -8.68. The lowest BCUT2D eigenvalue weighted by Crippen LogP contribution is -2.53. The molecular weight excluding hydrogens is 184 g/mol. The molecule has 0 heterocycles. The van der Waals surface area contributed by atoms with Gasteiger partial charge in [-0.15, -0.1) is 0 Å². The summed E-state index contributed by atoms with van der Waals surface area (Å²) in [7, 11) is 0. The molecule has 0 spiro atoms. The van der Waals surface area contributed by atoms with Crippen molar-refractivity contribution in [3.05, 3.63) is 0 Å². The van der Waals surface area contributed by atoms with E-state index in [-0.39, 0.29) is 6.92 Å². The second kappa shape index (κ2) is 2.89. The third-order valence-corrected chi connectivity index (χ3v) is 1.28. The van der Waals surface area contributed by atoms with Crippen molar-refractivity contribution >= 4 is 5.97 Å². The first-order chi connectivity index (χ1) is 5.10. The van der Waals surface area contributed by atoms with E-state index in [0.717, 1.165) is 0 Å². The number of halogens is 4. The minimum absolute atomic E-state index is 0.0613. The summed E-state index contributed by atoms with van der Waals surface area (Å²) in [4.78, 5) is 9.76. The van der Waals surface area contributed by atoms with Gasteiger partial charge in [-0.2, -0.15) is 13.2 Å². The molecule has 0 aliphatic carbocycles. The summed E-state index contributed by atoms with van der Waals surface area (Å²) in [6.45, 7) is 0.0613. The predicted molar refractivity (Wildman–Crippen MR) is 29.2 cm³/mol. The molecule has 0 radical (unpaired) electrons. The molecule has 72 valence electrons. The van der Waals surface area contributed by atoms with E-state index in [1.54, 1.807) is 0 Å². The second-order valence-corrected chi connectivity index (χ2v) is 2.35. The Morgan fingerprint density at radius 2 is 1.75 bits per heavy atom. The SMILES string of the molecule is CC(O)(C(F)C(=O)O)C(F)(F)F. The van der Waals surface area contributed by atoms with Crippen LogP contribution < -0.4 is 0 Å². The predicted octanol–water partition coefficient (Wildman–Crippen LogP) is 0.722. The highest BCUT2D eigenvalue weighted by atomic mass is 19.4. The van der Waals surface area contributed by atoms with Crippen LogP contribution in [-0.4, -0.2) is 34.1 Å². The zero-order valence-electron chi connectivity index (χ0n) is 5.89. The molecule has 0 aromatic carbocycles. The highest BCUT2D eigenvalue weighted by Gasteiger charge is 2.58. The maximum absolute atomic E-state index is 12.2. The first-order valence-electron chi connectivity index (χ1n) is 2.76. The van der Waals surface area contributed by atoms with Gasteiger partial charge < -0.3 is 10.2 Å². The van der Waals surface area contributed by atoms with Gasteiger partial charge in [-0.3, -0.25) is 0 Å². The van der Waals surface area contributed by atoms with Crippen LogP contribution in [0.1, 0.15) is 6.92 Å². The average molecular weight is 190 g/mol. The van der Waals surface area contributed by atoms with Crippen LogP contribution in [-0.2, 0) is 4.79 Å². The molecule has 2 unspecified atom stereocenters. The molecule has 0 saturated carbocycles. The zero-order chi connectivity index (χ0) is 10.2. The normalized spacial score (nSPS) is 19.8. The molecule has 2 N–H and O–H groups in total. The molecule has 0 amide bonds. The number of hydrogen-bond donors (Lipinski definition) is 2. The minimum atomic E-state index is -5.30. The number of carboxylic acids is 1. The van der Waals surface area contributed by atoms with E-state index in [2.05, 4.69) is 0 Å². The van der Waals surface area contributed by atoms with Crippen molar-refractivity contribution in [3.63, 3.8) is 0 Å². The van der Waals surface area contributed by atoms with Gasteiger partial charge >= 0.3 is 12.1 Å². The van der Waals surface area contributed by atoms with Crippen molar-refractivity contribution in [1.29, 1.82) is 0 Å². The Morgan fingerprint density at radius 3 is 1.83 bits per heavy atom. The number of rotatable bonds is 2. The standard InChI is InChI=1S/C5H6F4O3/c1-4(12,5(7,8)9)2(6)3(10)11/h2,12H,1H3,(H,10,11).